The molecule has 1 aromatic heterocycles. The van der Waals surface area contributed by atoms with Gasteiger partial charge in [-0.1, -0.05) is 141 Å². The van der Waals surface area contributed by atoms with Gasteiger partial charge in [0.25, 0.3) is 0 Å². The Morgan fingerprint density at radius 3 is 1.45 bits per heavy atom. The lowest BCUT2D eigenvalue weighted by molar-refractivity contribution is 0.632. The van der Waals surface area contributed by atoms with Crippen molar-refractivity contribution in [1.29, 1.82) is 0 Å². The van der Waals surface area contributed by atoms with Gasteiger partial charge >= 0.3 is 0 Å². The summed E-state index contributed by atoms with van der Waals surface area (Å²) >= 11 is 0. The van der Waals surface area contributed by atoms with E-state index in [-0.39, 0.29) is 5.41 Å². The van der Waals surface area contributed by atoms with Gasteiger partial charge in [0.1, 0.15) is 0 Å². The van der Waals surface area contributed by atoms with Crippen molar-refractivity contribution in [2.75, 3.05) is 4.90 Å². The molecule has 4 heteroatoms. The Balaban J connectivity index is 1.42. The van der Waals surface area contributed by atoms with E-state index in [4.69, 9.17) is 15.0 Å². The van der Waals surface area contributed by atoms with Crippen LogP contribution in [0.15, 0.2) is 146 Å². The molecule has 2 heterocycles. The van der Waals surface area contributed by atoms with Crippen LogP contribution < -0.4 is 4.90 Å². The zero-order chi connectivity index (χ0) is 29.7. The Hall–Kier alpha value is -5.61. The van der Waals surface area contributed by atoms with Gasteiger partial charge in [-0.3, -0.25) is 0 Å². The first-order chi connectivity index (χ1) is 21.6. The SMILES string of the molecule is CC1(C)c2ccccc2N(c2cccc3cccc(-c4nc(-c5ccccc5)nc(-c5ccccc5)n4)c23)c2ccccc21. The van der Waals surface area contributed by atoms with Gasteiger partial charge in [0.05, 0.1) is 17.1 Å². The Bertz CT molecular complexity index is 2040. The number of anilines is 3. The number of aromatic nitrogens is 3. The molecule has 0 atom stereocenters. The zero-order valence-electron chi connectivity index (χ0n) is 24.6. The second kappa shape index (κ2) is 10.3. The fraction of sp³-hybridized carbons (Fsp3) is 0.0750. The van der Waals surface area contributed by atoms with E-state index in [1.807, 2.05) is 60.7 Å². The van der Waals surface area contributed by atoms with Gasteiger partial charge in [-0.15, -0.1) is 0 Å². The van der Waals surface area contributed by atoms with Crippen molar-refractivity contribution in [2.45, 2.75) is 19.3 Å². The van der Waals surface area contributed by atoms with Crippen molar-refractivity contribution in [3.8, 4) is 34.2 Å². The number of fused-ring (bicyclic) bond motifs is 3. The van der Waals surface area contributed by atoms with E-state index in [1.165, 1.54) is 22.5 Å². The van der Waals surface area contributed by atoms with Crippen LogP contribution in [0.1, 0.15) is 25.0 Å². The minimum Gasteiger partial charge on any atom is -0.309 e. The fourth-order valence-corrected chi connectivity index (χ4v) is 6.55. The Kier molecular flexibility index (Phi) is 6.09. The molecule has 0 unspecified atom stereocenters. The third kappa shape index (κ3) is 4.18. The summed E-state index contributed by atoms with van der Waals surface area (Å²) in [5.74, 6) is 1.95. The van der Waals surface area contributed by atoms with E-state index in [2.05, 4.69) is 104 Å². The first-order valence-electron chi connectivity index (χ1n) is 15.0. The predicted molar refractivity (Wildman–Crippen MR) is 180 cm³/mol. The molecule has 0 aliphatic carbocycles. The average molecular weight is 567 g/mol. The maximum absolute atomic E-state index is 5.11. The largest absolute Gasteiger partial charge is 0.309 e. The van der Waals surface area contributed by atoms with Gasteiger partial charge < -0.3 is 4.90 Å². The standard InChI is InChI=1S/C40H30N4/c1-40(2)31-22-9-11-24-33(31)44(34-25-12-10-23-32(34)40)35-26-14-20-27-19-13-21-30(36(27)35)39-42-37(28-15-5-3-6-16-28)41-38(43-39)29-17-7-4-8-18-29/h3-26H,1-2H3. The van der Waals surface area contributed by atoms with E-state index in [9.17, 15) is 0 Å². The van der Waals surface area contributed by atoms with Crippen LogP contribution in [0.3, 0.4) is 0 Å². The number of hydrogen-bond donors (Lipinski definition) is 0. The van der Waals surface area contributed by atoms with Crippen molar-refractivity contribution in [3.63, 3.8) is 0 Å². The molecule has 0 bridgehead atoms. The van der Waals surface area contributed by atoms with E-state index in [0.29, 0.717) is 17.5 Å². The van der Waals surface area contributed by atoms with Crippen LogP contribution in [0.25, 0.3) is 44.9 Å². The van der Waals surface area contributed by atoms with Crippen molar-refractivity contribution in [1.82, 2.24) is 15.0 Å². The minimum atomic E-state index is -0.138. The second-order valence-electron chi connectivity index (χ2n) is 11.7. The summed E-state index contributed by atoms with van der Waals surface area (Å²) in [4.78, 5) is 17.6. The maximum Gasteiger partial charge on any atom is 0.164 e. The quantitative estimate of drug-likeness (QED) is 0.213. The van der Waals surface area contributed by atoms with Crippen LogP contribution in [0.5, 0.6) is 0 Å². The van der Waals surface area contributed by atoms with Gasteiger partial charge in [0.2, 0.25) is 0 Å². The summed E-state index contributed by atoms with van der Waals surface area (Å²) in [6, 6.07) is 50.7. The van der Waals surface area contributed by atoms with Crippen LogP contribution in [-0.4, -0.2) is 15.0 Å². The third-order valence-electron chi connectivity index (χ3n) is 8.70. The summed E-state index contributed by atoms with van der Waals surface area (Å²) in [5.41, 5.74) is 8.79. The summed E-state index contributed by atoms with van der Waals surface area (Å²) in [7, 11) is 0. The Morgan fingerprint density at radius 1 is 0.432 bits per heavy atom. The molecule has 44 heavy (non-hydrogen) atoms. The van der Waals surface area contributed by atoms with E-state index < -0.39 is 0 Å². The number of nitrogens with zero attached hydrogens (tertiary/aromatic N) is 4. The molecule has 0 fully saturated rings. The highest BCUT2D eigenvalue weighted by Crippen LogP contribution is 2.53. The van der Waals surface area contributed by atoms with Crippen LogP contribution in [0.4, 0.5) is 17.1 Å². The molecule has 4 nitrogen and oxygen atoms in total. The maximum atomic E-state index is 5.11. The molecule has 6 aromatic carbocycles. The topological polar surface area (TPSA) is 41.9 Å². The Morgan fingerprint density at radius 2 is 0.886 bits per heavy atom. The summed E-state index contributed by atoms with van der Waals surface area (Å²) in [5, 5.41) is 2.23. The molecular formula is C40H30N4. The lowest BCUT2D eigenvalue weighted by atomic mass is 9.73. The lowest BCUT2D eigenvalue weighted by Crippen LogP contribution is -2.30. The monoisotopic (exact) mass is 566 g/mol. The summed E-state index contributed by atoms with van der Waals surface area (Å²) in [6.07, 6.45) is 0. The highest BCUT2D eigenvalue weighted by molar-refractivity contribution is 6.08. The molecule has 210 valence electrons. The van der Waals surface area contributed by atoms with Crippen LogP contribution in [0.2, 0.25) is 0 Å². The van der Waals surface area contributed by atoms with Crippen LogP contribution >= 0.6 is 0 Å². The molecule has 0 spiro atoms. The molecule has 8 rings (SSSR count). The van der Waals surface area contributed by atoms with Crippen molar-refractivity contribution >= 4 is 27.8 Å². The van der Waals surface area contributed by atoms with Gasteiger partial charge in [-0.05, 0) is 34.7 Å². The Labute approximate surface area is 257 Å². The van der Waals surface area contributed by atoms with Gasteiger partial charge in [-0.25, -0.2) is 15.0 Å². The highest BCUT2D eigenvalue weighted by Gasteiger charge is 2.37. The third-order valence-corrected chi connectivity index (χ3v) is 8.70. The first kappa shape index (κ1) is 26.1. The molecular weight excluding hydrogens is 536 g/mol. The van der Waals surface area contributed by atoms with Crippen molar-refractivity contribution in [2.24, 2.45) is 0 Å². The number of rotatable bonds is 4. The van der Waals surface area contributed by atoms with Crippen molar-refractivity contribution in [3.05, 3.63) is 157 Å². The summed E-state index contributed by atoms with van der Waals surface area (Å²) in [6.45, 7) is 4.63. The number of hydrogen-bond acceptors (Lipinski definition) is 4. The molecule has 1 aliphatic heterocycles. The van der Waals surface area contributed by atoms with E-state index in [0.717, 1.165) is 33.2 Å². The second-order valence-corrected chi connectivity index (χ2v) is 11.7. The molecule has 0 saturated heterocycles. The normalized spacial score (nSPS) is 13.4. The summed E-state index contributed by atoms with van der Waals surface area (Å²) < 4.78 is 0. The number of para-hydroxylation sites is 2. The average Bonchev–Trinajstić information content (AvgIpc) is 3.09. The highest BCUT2D eigenvalue weighted by atomic mass is 15.2. The minimum absolute atomic E-state index is 0.138. The van der Waals surface area contributed by atoms with E-state index >= 15 is 0 Å². The number of benzene rings is 6. The lowest BCUT2D eigenvalue weighted by Gasteiger charge is -2.42. The van der Waals surface area contributed by atoms with Crippen LogP contribution in [0, 0.1) is 0 Å². The zero-order valence-corrected chi connectivity index (χ0v) is 24.6. The molecule has 0 amide bonds. The van der Waals surface area contributed by atoms with E-state index in [1.54, 1.807) is 0 Å². The smallest absolute Gasteiger partial charge is 0.164 e. The first-order valence-corrected chi connectivity index (χ1v) is 15.0. The van der Waals surface area contributed by atoms with Gasteiger partial charge in [0, 0.05) is 27.5 Å². The van der Waals surface area contributed by atoms with Crippen molar-refractivity contribution < 1.29 is 0 Å². The predicted octanol–water partition coefficient (Wildman–Crippen LogP) is 10.1. The molecule has 0 N–H and O–H groups in total. The molecule has 7 aromatic rings. The molecule has 0 radical (unpaired) electrons. The fourth-order valence-electron chi connectivity index (χ4n) is 6.55. The van der Waals surface area contributed by atoms with Gasteiger partial charge in [0.15, 0.2) is 17.5 Å². The molecule has 0 saturated carbocycles. The van der Waals surface area contributed by atoms with Crippen LogP contribution in [-0.2, 0) is 5.41 Å². The molecule has 1 aliphatic rings. The van der Waals surface area contributed by atoms with Gasteiger partial charge in [-0.2, -0.15) is 0 Å².